The third-order valence-electron chi connectivity index (χ3n) is 4.09. The van der Waals surface area contributed by atoms with Crippen LogP contribution in [0.25, 0.3) is 0 Å². The topological polar surface area (TPSA) is 49.4 Å². The van der Waals surface area contributed by atoms with Crippen molar-refractivity contribution in [1.29, 1.82) is 0 Å². The van der Waals surface area contributed by atoms with E-state index in [1.54, 1.807) is 0 Å². The Bertz CT molecular complexity index is 313. The molecule has 2 fully saturated rings. The van der Waals surface area contributed by atoms with E-state index in [1.807, 2.05) is 13.8 Å². The van der Waals surface area contributed by atoms with Crippen LogP contribution >= 0.6 is 0 Å². The maximum atomic E-state index is 12.1. The predicted octanol–water partition coefficient (Wildman–Crippen LogP) is 1.30. The number of likely N-dealkylation sites (tertiary alicyclic amines) is 1. The van der Waals surface area contributed by atoms with Gasteiger partial charge in [-0.2, -0.15) is 0 Å². The van der Waals surface area contributed by atoms with Crippen LogP contribution in [0, 0.1) is 5.92 Å². The van der Waals surface area contributed by atoms with Crippen molar-refractivity contribution >= 4 is 11.8 Å². The van der Waals surface area contributed by atoms with Crippen LogP contribution in [0.2, 0.25) is 0 Å². The molecule has 0 radical (unpaired) electrons. The number of nitrogens with one attached hydrogen (secondary N) is 1. The first-order valence-corrected chi connectivity index (χ1v) is 6.72. The minimum absolute atomic E-state index is 0.0181. The van der Waals surface area contributed by atoms with Gasteiger partial charge in [-0.25, -0.2) is 0 Å². The van der Waals surface area contributed by atoms with Gasteiger partial charge in [-0.05, 0) is 38.6 Å². The van der Waals surface area contributed by atoms with Gasteiger partial charge in [-0.1, -0.05) is 13.3 Å². The number of hydrogen-bond donors (Lipinski definition) is 1. The Labute approximate surface area is 103 Å². The van der Waals surface area contributed by atoms with Crippen molar-refractivity contribution in [1.82, 2.24) is 10.2 Å². The summed E-state index contributed by atoms with van der Waals surface area (Å²) in [6.45, 7) is 4.82. The number of carbonyl (C=O) groups excluding carboxylic acids is 2. The van der Waals surface area contributed by atoms with Gasteiger partial charge in [0.2, 0.25) is 11.8 Å². The smallest absolute Gasteiger partial charge is 0.247 e. The molecule has 4 nitrogen and oxygen atoms in total. The molecule has 0 aromatic heterocycles. The summed E-state index contributed by atoms with van der Waals surface area (Å²) in [5.41, 5.74) is 0. The molecule has 2 aliphatic rings. The Morgan fingerprint density at radius 2 is 2.12 bits per heavy atom. The fourth-order valence-corrected chi connectivity index (χ4v) is 2.46. The van der Waals surface area contributed by atoms with Crippen molar-refractivity contribution in [3.05, 3.63) is 0 Å². The van der Waals surface area contributed by atoms with Gasteiger partial charge in [-0.15, -0.1) is 0 Å². The summed E-state index contributed by atoms with van der Waals surface area (Å²) in [5, 5.41) is 3.26. The average Bonchev–Trinajstić information content (AvgIpc) is 2.51. The van der Waals surface area contributed by atoms with E-state index < -0.39 is 0 Å². The van der Waals surface area contributed by atoms with E-state index in [1.165, 1.54) is 24.2 Å². The lowest BCUT2D eigenvalue weighted by Gasteiger charge is -2.27. The summed E-state index contributed by atoms with van der Waals surface area (Å²) >= 11 is 0. The largest absolute Gasteiger partial charge is 0.305 e. The minimum Gasteiger partial charge on any atom is -0.305 e. The second kappa shape index (κ2) is 5.17. The van der Waals surface area contributed by atoms with E-state index in [-0.39, 0.29) is 23.9 Å². The zero-order chi connectivity index (χ0) is 12.4. The standard InChI is InChI=1S/C13H22N2O2/c1-3-9(2)15-12(16)7-11(13(15)17)14-8-10-5-4-6-10/h9-11,14H,3-8H2,1-2H3. The quantitative estimate of drug-likeness (QED) is 0.735. The van der Waals surface area contributed by atoms with E-state index >= 15 is 0 Å². The van der Waals surface area contributed by atoms with Gasteiger partial charge in [0.25, 0.3) is 0 Å². The molecular formula is C13H22N2O2. The predicted molar refractivity (Wildman–Crippen MR) is 65.4 cm³/mol. The van der Waals surface area contributed by atoms with Crippen LogP contribution in [-0.2, 0) is 9.59 Å². The molecule has 1 heterocycles. The van der Waals surface area contributed by atoms with Gasteiger partial charge in [-0.3, -0.25) is 14.5 Å². The average molecular weight is 238 g/mol. The first-order valence-electron chi connectivity index (χ1n) is 6.72. The highest BCUT2D eigenvalue weighted by molar-refractivity contribution is 6.05. The Morgan fingerprint density at radius 1 is 1.41 bits per heavy atom. The third kappa shape index (κ3) is 2.51. The molecule has 2 rings (SSSR count). The van der Waals surface area contributed by atoms with Crippen LogP contribution in [0.3, 0.4) is 0 Å². The molecule has 2 amide bonds. The van der Waals surface area contributed by atoms with E-state index in [4.69, 9.17) is 0 Å². The maximum absolute atomic E-state index is 12.1. The molecule has 1 N–H and O–H groups in total. The molecular weight excluding hydrogens is 216 g/mol. The van der Waals surface area contributed by atoms with Crippen LogP contribution in [-0.4, -0.2) is 35.3 Å². The molecule has 17 heavy (non-hydrogen) atoms. The van der Waals surface area contributed by atoms with Gasteiger partial charge in [0.15, 0.2) is 0 Å². The molecule has 0 aromatic rings. The highest BCUT2D eigenvalue weighted by atomic mass is 16.2. The molecule has 1 aliphatic carbocycles. The fraction of sp³-hybridized carbons (Fsp3) is 0.846. The van der Waals surface area contributed by atoms with Gasteiger partial charge >= 0.3 is 0 Å². The van der Waals surface area contributed by atoms with Crippen molar-refractivity contribution in [2.75, 3.05) is 6.54 Å². The van der Waals surface area contributed by atoms with Crippen molar-refractivity contribution in [2.24, 2.45) is 5.92 Å². The summed E-state index contributed by atoms with van der Waals surface area (Å²) in [6, 6.07) is -0.234. The number of imide groups is 1. The lowest BCUT2D eigenvalue weighted by molar-refractivity contribution is -0.141. The first kappa shape index (κ1) is 12.6. The van der Waals surface area contributed by atoms with E-state index in [9.17, 15) is 9.59 Å². The van der Waals surface area contributed by atoms with Crippen LogP contribution in [0.15, 0.2) is 0 Å². The Kier molecular flexibility index (Phi) is 3.82. The number of carbonyl (C=O) groups is 2. The monoisotopic (exact) mass is 238 g/mol. The van der Waals surface area contributed by atoms with Gasteiger partial charge in [0.05, 0.1) is 12.5 Å². The summed E-state index contributed by atoms with van der Waals surface area (Å²) in [4.78, 5) is 25.3. The van der Waals surface area contributed by atoms with E-state index in [0.717, 1.165) is 18.9 Å². The number of nitrogens with zero attached hydrogens (tertiary/aromatic N) is 1. The lowest BCUT2D eigenvalue weighted by Crippen LogP contribution is -2.44. The lowest BCUT2D eigenvalue weighted by atomic mass is 9.85. The molecule has 1 saturated heterocycles. The van der Waals surface area contributed by atoms with E-state index in [2.05, 4.69) is 5.32 Å². The van der Waals surface area contributed by atoms with Crippen LogP contribution in [0.1, 0.15) is 46.0 Å². The Morgan fingerprint density at radius 3 is 2.65 bits per heavy atom. The molecule has 2 atom stereocenters. The normalized spacial score (nSPS) is 27.4. The van der Waals surface area contributed by atoms with Gasteiger partial charge in [0.1, 0.15) is 0 Å². The van der Waals surface area contributed by atoms with E-state index in [0.29, 0.717) is 6.42 Å². The fourth-order valence-electron chi connectivity index (χ4n) is 2.46. The Balaban J connectivity index is 1.88. The van der Waals surface area contributed by atoms with Gasteiger partial charge < -0.3 is 5.32 Å². The molecule has 2 unspecified atom stereocenters. The highest BCUT2D eigenvalue weighted by Gasteiger charge is 2.40. The zero-order valence-electron chi connectivity index (χ0n) is 10.7. The molecule has 0 bridgehead atoms. The van der Waals surface area contributed by atoms with Crippen LogP contribution in [0.5, 0.6) is 0 Å². The molecule has 96 valence electrons. The first-order chi connectivity index (χ1) is 8.13. The Hall–Kier alpha value is -0.900. The molecule has 4 heteroatoms. The summed E-state index contributed by atoms with van der Waals surface area (Å²) < 4.78 is 0. The summed E-state index contributed by atoms with van der Waals surface area (Å²) in [6.07, 6.45) is 5.00. The number of hydrogen-bond acceptors (Lipinski definition) is 3. The second-order valence-corrected chi connectivity index (χ2v) is 5.32. The number of rotatable bonds is 5. The molecule has 0 spiro atoms. The summed E-state index contributed by atoms with van der Waals surface area (Å²) in [7, 11) is 0. The minimum atomic E-state index is -0.267. The van der Waals surface area contributed by atoms with Crippen molar-refractivity contribution in [2.45, 2.75) is 58.0 Å². The number of amides is 2. The zero-order valence-corrected chi connectivity index (χ0v) is 10.7. The van der Waals surface area contributed by atoms with Crippen molar-refractivity contribution in [3.8, 4) is 0 Å². The van der Waals surface area contributed by atoms with Crippen LogP contribution in [0.4, 0.5) is 0 Å². The van der Waals surface area contributed by atoms with Gasteiger partial charge in [0, 0.05) is 6.04 Å². The third-order valence-corrected chi connectivity index (χ3v) is 4.09. The maximum Gasteiger partial charge on any atom is 0.247 e. The SMILES string of the molecule is CCC(C)N1C(=O)CC(NCC2CCC2)C1=O. The van der Waals surface area contributed by atoms with Crippen LogP contribution < -0.4 is 5.32 Å². The molecule has 1 aliphatic heterocycles. The molecule has 1 saturated carbocycles. The van der Waals surface area contributed by atoms with Crippen molar-refractivity contribution < 1.29 is 9.59 Å². The molecule has 0 aromatic carbocycles. The highest BCUT2D eigenvalue weighted by Crippen LogP contribution is 2.26. The second-order valence-electron chi connectivity index (χ2n) is 5.32. The summed E-state index contributed by atoms with van der Waals surface area (Å²) in [5.74, 6) is 0.676. The van der Waals surface area contributed by atoms with Crippen molar-refractivity contribution in [3.63, 3.8) is 0 Å².